The summed E-state index contributed by atoms with van der Waals surface area (Å²) >= 11 is 0. The molecule has 1 atom stereocenters. The predicted molar refractivity (Wildman–Crippen MR) is 56.6 cm³/mol. The Hall–Kier alpha value is -1.07. The maximum absolute atomic E-state index is 5.74. The molecule has 2 rings (SSSR count). The minimum absolute atomic E-state index is 0.231. The highest BCUT2D eigenvalue weighted by Crippen LogP contribution is 2.24. The lowest BCUT2D eigenvalue weighted by atomic mass is 10.0. The van der Waals surface area contributed by atoms with Crippen molar-refractivity contribution in [3.05, 3.63) is 11.9 Å². The minimum atomic E-state index is -0.231. The zero-order valence-corrected chi connectivity index (χ0v) is 9.19. The Morgan fingerprint density at radius 1 is 1.73 bits per heavy atom. The van der Waals surface area contributed by atoms with Gasteiger partial charge in [0.05, 0.1) is 24.5 Å². The summed E-state index contributed by atoms with van der Waals surface area (Å²) in [6, 6.07) is 0. The summed E-state index contributed by atoms with van der Waals surface area (Å²) in [7, 11) is 1.72. The number of aryl methyl sites for hydroxylation is 1. The zero-order chi connectivity index (χ0) is 10.9. The lowest BCUT2D eigenvalue weighted by Crippen LogP contribution is -2.37. The first-order valence-corrected chi connectivity index (χ1v) is 5.08. The van der Waals surface area contributed by atoms with Gasteiger partial charge in [-0.2, -0.15) is 5.10 Å². The van der Waals surface area contributed by atoms with Crippen LogP contribution in [-0.2, 0) is 16.0 Å². The van der Waals surface area contributed by atoms with Crippen LogP contribution in [0, 0.1) is 6.92 Å². The standard InChI is InChI=1S/C10H17N3O2/c1-8-9(11)5-13(12-8)6-10(14-2)3-4-15-7-10/h5H,3-4,6-7,11H2,1-2H3. The van der Waals surface area contributed by atoms with E-state index in [-0.39, 0.29) is 5.60 Å². The summed E-state index contributed by atoms with van der Waals surface area (Å²) in [5.41, 5.74) is 7.10. The van der Waals surface area contributed by atoms with Gasteiger partial charge in [0.25, 0.3) is 0 Å². The van der Waals surface area contributed by atoms with E-state index in [2.05, 4.69) is 5.10 Å². The lowest BCUT2D eigenvalue weighted by molar-refractivity contribution is -0.0318. The van der Waals surface area contributed by atoms with Crippen LogP contribution in [0.15, 0.2) is 6.20 Å². The number of rotatable bonds is 3. The monoisotopic (exact) mass is 211 g/mol. The van der Waals surface area contributed by atoms with E-state index in [9.17, 15) is 0 Å². The molecule has 0 aliphatic carbocycles. The third kappa shape index (κ3) is 1.98. The molecule has 1 aliphatic heterocycles. The van der Waals surface area contributed by atoms with Crippen molar-refractivity contribution in [2.24, 2.45) is 0 Å². The second-order valence-corrected chi connectivity index (χ2v) is 4.06. The van der Waals surface area contributed by atoms with E-state index in [0.29, 0.717) is 13.2 Å². The first-order chi connectivity index (χ1) is 7.15. The number of hydrogen-bond acceptors (Lipinski definition) is 4. The second-order valence-electron chi connectivity index (χ2n) is 4.06. The van der Waals surface area contributed by atoms with Crippen molar-refractivity contribution in [3.63, 3.8) is 0 Å². The number of methoxy groups -OCH3 is 1. The lowest BCUT2D eigenvalue weighted by Gasteiger charge is -2.25. The summed E-state index contributed by atoms with van der Waals surface area (Å²) < 4.78 is 12.7. The van der Waals surface area contributed by atoms with E-state index in [0.717, 1.165) is 24.4 Å². The van der Waals surface area contributed by atoms with Crippen molar-refractivity contribution in [1.29, 1.82) is 0 Å². The summed E-state index contributed by atoms with van der Waals surface area (Å²) in [5, 5.41) is 4.32. The Kier molecular flexibility index (Phi) is 2.67. The van der Waals surface area contributed by atoms with E-state index in [4.69, 9.17) is 15.2 Å². The maximum atomic E-state index is 5.74. The van der Waals surface area contributed by atoms with Crippen molar-refractivity contribution in [3.8, 4) is 0 Å². The molecule has 5 heteroatoms. The van der Waals surface area contributed by atoms with Crippen LogP contribution >= 0.6 is 0 Å². The predicted octanol–water partition coefficient (Wildman–Crippen LogP) is 0.579. The van der Waals surface area contributed by atoms with Crippen LogP contribution in [-0.4, -0.2) is 35.7 Å². The molecule has 1 unspecified atom stereocenters. The number of ether oxygens (including phenoxy) is 2. The summed E-state index contributed by atoms with van der Waals surface area (Å²) in [5.74, 6) is 0. The first kappa shape index (κ1) is 10.4. The molecule has 84 valence electrons. The molecule has 1 aliphatic rings. The van der Waals surface area contributed by atoms with E-state index in [1.807, 2.05) is 17.8 Å². The van der Waals surface area contributed by atoms with Gasteiger partial charge in [0, 0.05) is 26.3 Å². The molecular formula is C10H17N3O2. The van der Waals surface area contributed by atoms with Gasteiger partial charge in [-0.1, -0.05) is 0 Å². The molecule has 0 amide bonds. The normalized spacial score (nSPS) is 26.0. The zero-order valence-electron chi connectivity index (χ0n) is 9.19. The first-order valence-electron chi connectivity index (χ1n) is 5.08. The number of hydrogen-bond donors (Lipinski definition) is 1. The van der Waals surface area contributed by atoms with Gasteiger partial charge >= 0.3 is 0 Å². The van der Waals surface area contributed by atoms with Crippen molar-refractivity contribution in [2.75, 3.05) is 26.1 Å². The number of anilines is 1. The Morgan fingerprint density at radius 2 is 2.53 bits per heavy atom. The Balaban J connectivity index is 2.12. The fraction of sp³-hybridized carbons (Fsp3) is 0.700. The summed E-state index contributed by atoms with van der Waals surface area (Å²) in [6.45, 7) is 3.98. The minimum Gasteiger partial charge on any atom is -0.396 e. The highest BCUT2D eigenvalue weighted by molar-refractivity contribution is 5.39. The van der Waals surface area contributed by atoms with E-state index < -0.39 is 0 Å². The summed E-state index contributed by atoms with van der Waals surface area (Å²) in [6.07, 6.45) is 2.75. The van der Waals surface area contributed by atoms with Crippen LogP contribution in [0.25, 0.3) is 0 Å². The SMILES string of the molecule is COC1(Cn2cc(N)c(C)n2)CCOC1. The third-order valence-electron chi connectivity index (χ3n) is 2.93. The number of nitrogens with zero attached hydrogens (tertiary/aromatic N) is 2. The van der Waals surface area contributed by atoms with Crippen LogP contribution in [0.2, 0.25) is 0 Å². The molecule has 1 aromatic heterocycles. The van der Waals surface area contributed by atoms with Crippen molar-refractivity contribution >= 4 is 5.69 Å². The highest BCUT2D eigenvalue weighted by atomic mass is 16.5. The van der Waals surface area contributed by atoms with Gasteiger partial charge in [-0.3, -0.25) is 4.68 Å². The summed E-state index contributed by atoms with van der Waals surface area (Å²) in [4.78, 5) is 0. The van der Waals surface area contributed by atoms with Gasteiger partial charge in [0.2, 0.25) is 0 Å². The van der Waals surface area contributed by atoms with Crippen LogP contribution in [0.1, 0.15) is 12.1 Å². The van der Waals surface area contributed by atoms with Crippen LogP contribution in [0.4, 0.5) is 5.69 Å². The molecule has 0 bridgehead atoms. The Bertz CT molecular complexity index is 323. The molecule has 0 radical (unpaired) electrons. The average molecular weight is 211 g/mol. The molecule has 15 heavy (non-hydrogen) atoms. The molecule has 0 saturated carbocycles. The fourth-order valence-corrected chi connectivity index (χ4v) is 1.85. The number of nitrogen functional groups attached to an aromatic ring is 1. The molecular weight excluding hydrogens is 194 g/mol. The van der Waals surface area contributed by atoms with Crippen LogP contribution in [0.5, 0.6) is 0 Å². The molecule has 1 fully saturated rings. The second kappa shape index (κ2) is 3.83. The van der Waals surface area contributed by atoms with Gasteiger partial charge in [-0.15, -0.1) is 0 Å². The Morgan fingerprint density at radius 3 is 3.00 bits per heavy atom. The van der Waals surface area contributed by atoms with Crippen LogP contribution < -0.4 is 5.73 Å². The van der Waals surface area contributed by atoms with E-state index >= 15 is 0 Å². The van der Waals surface area contributed by atoms with E-state index in [1.165, 1.54) is 0 Å². The van der Waals surface area contributed by atoms with Gasteiger partial charge < -0.3 is 15.2 Å². The maximum Gasteiger partial charge on any atom is 0.113 e. The molecule has 5 nitrogen and oxygen atoms in total. The molecule has 2 heterocycles. The van der Waals surface area contributed by atoms with Gasteiger partial charge in [-0.25, -0.2) is 0 Å². The van der Waals surface area contributed by atoms with Crippen LogP contribution in [0.3, 0.4) is 0 Å². The van der Waals surface area contributed by atoms with Crippen molar-refractivity contribution < 1.29 is 9.47 Å². The van der Waals surface area contributed by atoms with Gasteiger partial charge in [-0.05, 0) is 6.92 Å². The number of nitrogens with two attached hydrogens (primary N) is 1. The smallest absolute Gasteiger partial charge is 0.113 e. The number of aromatic nitrogens is 2. The highest BCUT2D eigenvalue weighted by Gasteiger charge is 2.35. The molecule has 1 saturated heterocycles. The van der Waals surface area contributed by atoms with Gasteiger partial charge in [0.1, 0.15) is 5.60 Å². The fourth-order valence-electron chi connectivity index (χ4n) is 1.85. The van der Waals surface area contributed by atoms with Gasteiger partial charge in [0.15, 0.2) is 0 Å². The molecule has 0 aromatic carbocycles. The largest absolute Gasteiger partial charge is 0.396 e. The molecule has 0 spiro atoms. The molecule has 1 aromatic rings. The Labute approximate surface area is 89.2 Å². The van der Waals surface area contributed by atoms with E-state index in [1.54, 1.807) is 7.11 Å². The molecule has 2 N–H and O–H groups in total. The quantitative estimate of drug-likeness (QED) is 0.794. The van der Waals surface area contributed by atoms with Crippen molar-refractivity contribution in [1.82, 2.24) is 9.78 Å². The third-order valence-corrected chi connectivity index (χ3v) is 2.93. The topological polar surface area (TPSA) is 62.3 Å². The van der Waals surface area contributed by atoms with Crippen molar-refractivity contribution in [2.45, 2.75) is 25.5 Å². The average Bonchev–Trinajstić information content (AvgIpc) is 2.77.